The minimum Gasteiger partial charge on any atom is -0.481 e. The number of nitrogens with one attached hydrogen (secondary N) is 1. The van der Waals surface area contributed by atoms with Crippen LogP contribution in [-0.4, -0.2) is 59.9 Å². The lowest BCUT2D eigenvalue weighted by atomic mass is 9.87. The van der Waals surface area contributed by atoms with Crippen molar-refractivity contribution in [2.75, 3.05) is 11.1 Å². The first-order valence-electron chi connectivity index (χ1n) is 19.9. The highest BCUT2D eigenvalue weighted by Crippen LogP contribution is 2.42. The molecule has 0 radical (unpaired) electrons. The summed E-state index contributed by atoms with van der Waals surface area (Å²) in [5.74, 6) is -0.0227. The molecule has 0 spiro atoms. The zero-order valence-corrected chi connectivity index (χ0v) is 38.8. The number of hydrogen-bond donors (Lipinski definition) is 3. The summed E-state index contributed by atoms with van der Waals surface area (Å²) in [6, 6.07) is 18.8. The topological polar surface area (TPSA) is 181 Å². The normalized spacial score (nSPS) is 14.9. The van der Waals surface area contributed by atoms with Gasteiger partial charge in [0.1, 0.15) is 17.0 Å². The highest BCUT2D eigenvalue weighted by Gasteiger charge is 2.34. The minimum atomic E-state index is -0.766. The summed E-state index contributed by atoms with van der Waals surface area (Å²) >= 11 is 6.81. The van der Waals surface area contributed by atoms with Crippen LogP contribution in [0.3, 0.4) is 0 Å². The molecular formula is C44H58Br2N6O7. The number of ether oxygens (including phenoxy) is 2. The number of aliphatic carboxylic acids is 1. The zero-order chi connectivity index (χ0) is 44.0. The van der Waals surface area contributed by atoms with Crippen LogP contribution in [0.15, 0.2) is 69.6 Å². The average molecular weight is 943 g/mol. The van der Waals surface area contributed by atoms with Crippen LogP contribution >= 0.6 is 31.9 Å². The molecule has 6 rings (SSSR count). The smallest absolute Gasteiger partial charge is 0.435 e. The van der Waals surface area contributed by atoms with Gasteiger partial charge in [-0.1, -0.05) is 83.8 Å². The van der Waals surface area contributed by atoms with Gasteiger partial charge in [0, 0.05) is 32.9 Å². The van der Waals surface area contributed by atoms with Crippen molar-refractivity contribution in [2.45, 2.75) is 130 Å². The van der Waals surface area contributed by atoms with E-state index in [0.717, 1.165) is 57.1 Å². The van der Waals surface area contributed by atoms with Crippen LogP contribution in [0.2, 0.25) is 0 Å². The van der Waals surface area contributed by atoms with E-state index in [9.17, 15) is 19.2 Å². The summed E-state index contributed by atoms with van der Waals surface area (Å²) in [5.41, 5.74) is 7.91. The summed E-state index contributed by atoms with van der Waals surface area (Å²) in [7, 11) is 0. The van der Waals surface area contributed by atoms with Gasteiger partial charge in [0.15, 0.2) is 5.82 Å². The molecule has 2 fully saturated rings. The zero-order valence-electron chi connectivity index (χ0n) is 35.6. The average Bonchev–Trinajstić information content (AvgIpc) is 4.03. The van der Waals surface area contributed by atoms with Gasteiger partial charge in [0.05, 0.1) is 23.2 Å². The minimum absolute atomic E-state index is 0.0974. The number of benzene rings is 2. The molecule has 0 saturated heterocycles. The molecule has 59 heavy (non-hydrogen) atoms. The van der Waals surface area contributed by atoms with Crippen molar-refractivity contribution >= 4 is 67.6 Å². The fraction of sp³-hybridized carbons (Fsp3) is 0.500. The molecule has 13 nitrogen and oxygen atoms in total. The third kappa shape index (κ3) is 14.3. The van der Waals surface area contributed by atoms with E-state index in [2.05, 4.69) is 47.4 Å². The molecule has 2 aromatic heterocycles. The predicted molar refractivity (Wildman–Crippen MR) is 236 cm³/mol. The van der Waals surface area contributed by atoms with Crippen molar-refractivity contribution in [1.29, 1.82) is 0 Å². The quantitative estimate of drug-likeness (QED) is 0.146. The Morgan fingerprint density at radius 3 is 1.53 bits per heavy atom. The maximum Gasteiger partial charge on any atom is 0.435 e. The molecular weight excluding hydrogens is 884 g/mol. The third-order valence-corrected chi connectivity index (χ3v) is 10.2. The van der Waals surface area contributed by atoms with Gasteiger partial charge in [-0.05, 0) is 114 Å². The Bertz CT molecular complexity index is 2110. The van der Waals surface area contributed by atoms with Crippen molar-refractivity contribution in [2.24, 2.45) is 11.8 Å². The maximum absolute atomic E-state index is 13.1. The highest BCUT2D eigenvalue weighted by molar-refractivity contribution is 9.10. The number of carboxylic acids is 1. The van der Waals surface area contributed by atoms with E-state index >= 15 is 0 Å². The molecule has 2 aliphatic rings. The Balaban J connectivity index is 0.000000216. The fourth-order valence-electron chi connectivity index (χ4n) is 6.37. The summed E-state index contributed by atoms with van der Waals surface area (Å²) < 4.78 is 15.2. The van der Waals surface area contributed by atoms with E-state index in [0.29, 0.717) is 17.6 Å². The monoisotopic (exact) mass is 940 g/mol. The van der Waals surface area contributed by atoms with Crippen LogP contribution in [0, 0.1) is 11.8 Å². The van der Waals surface area contributed by atoms with E-state index in [1.165, 1.54) is 9.36 Å². The van der Waals surface area contributed by atoms with E-state index in [-0.39, 0.29) is 29.6 Å². The number of halogens is 2. The van der Waals surface area contributed by atoms with E-state index in [4.69, 9.17) is 20.3 Å². The second-order valence-corrected chi connectivity index (χ2v) is 19.5. The number of carboxylic acid groups (broad SMARTS) is 1. The number of anilines is 2. The summed E-state index contributed by atoms with van der Waals surface area (Å²) in [6.45, 7) is 18.8. The number of nitrogens with zero attached hydrogens (tertiary/aromatic N) is 4. The molecule has 4 aromatic rings. The Morgan fingerprint density at radius 2 is 1.14 bits per heavy atom. The number of hydrogen-bond acceptors (Lipinski definition) is 9. The predicted octanol–water partition coefficient (Wildman–Crippen LogP) is 11.1. The molecule has 2 unspecified atom stereocenters. The SMILES string of the molecule is CC(C)(C)OC(=O)n1nc(N)cc1C1CC1.CC(C)C(C(=O)Nc1cc(C2CC2)n(C(=O)OC(C)(C)C)n1)c1cccc(Br)c1.CC(C)C(C(=O)O)c1cccc(Br)c1. The number of nitrogen functional groups attached to an aromatic ring is 1. The van der Waals surface area contributed by atoms with Crippen molar-refractivity contribution in [3.63, 3.8) is 0 Å². The molecule has 2 saturated carbocycles. The Morgan fingerprint density at radius 1 is 0.712 bits per heavy atom. The lowest BCUT2D eigenvalue weighted by molar-refractivity contribution is -0.139. The van der Waals surface area contributed by atoms with Crippen LogP contribution in [-0.2, 0) is 19.1 Å². The van der Waals surface area contributed by atoms with Gasteiger partial charge >= 0.3 is 18.2 Å². The summed E-state index contributed by atoms with van der Waals surface area (Å²) in [6.07, 6.45) is 3.23. The maximum atomic E-state index is 13.1. The largest absolute Gasteiger partial charge is 0.481 e. The Hall–Kier alpha value is -4.50. The van der Waals surface area contributed by atoms with E-state index in [1.807, 2.05) is 118 Å². The van der Waals surface area contributed by atoms with Crippen LogP contribution in [0.4, 0.5) is 21.2 Å². The van der Waals surface area contributed by atoms with Crippen LogP contribution in [0.1, 0.15) is 141 Å². The number of aromatic nitrogens is 4. The standard InChI is InChI=1S/C22H28BrN3O3.C11H13BrO2.C11H17N3O2/c1-13(2)19(15-7-6-8-16(23)11-15)20(27)24-18-12-17(14-9-10-14)26(25-18)21(28)29-22(3,4)5;1-7(2)10(11(13)14)8-4-3-5-9(12)6-8;1-11(2,3)16-10(15)14-8(7-4-5-7)6-9(12)13-14/h6-8,11-14,19H,9-10H2,1-5H3,(H,24,25,27);3-7,10H,1-2H3,(H,13,14);6-7H,4-5H2,1-3H3,(H2,12,13). The van der Waals surface area contributed by atoms with Crippen LogP contribution in [0.5, 0.6) is 0 Å². The molecule has 320 valence electrons. The second-order valence-electron chi connectivity index (χ2n) is 17.7. The van der Waals surface area contributed by atoms with E-state index in [1.54, 1.807) is 12.1 Å². The first-order valence-corrected chi connectivity index (χ1v) is 21.5. The first kappa shape index (κ1) is 47.2. The molecule has 2 atom stereocenters. The molecule has 2 aromatic carbocycles. The van der Waals surface area contributed by atoms with Gasteiger partial charge in [-0.2, -0.15) is 9.36 Å². The molecule has 2 heterocycles. The number of carbonyl (C=O) groups is 4. The number of amides is 1. The molecule has 4 N–H and O–H groups in total. The fourth-order valence-corrected chi connectivity index (χ4v) is 7.20. The Kier molecular flexibility index (Phi) is 15.8. The first-order chi connectivity index (χ1) is 27.4. The molecule has 0 aliphatic heterocycles. The van der Waals surface area contributed by atoms with Crippen LogP contribution in [0.25, 0.3) is 0 Å². The summed E-state index contributed by atoms with van der Waals surface area (Å²) in [4.78, 5) is 48.5. The van der Waals surface area contributed by atoms with Crippen LogP contribution < -0.4 is 11.1 Å². The molecule has 2 aliphatic carbocycles. The molecule has 1 amide bonds. The van der Waals surface area contributed by atoms with Gasteiger partial charge in [0.25, 0.3) is 0 Å². The number of carbonyl (C=O) groups excluding carboxylic acids is 3. The second kappa shape index (κ2) is 19.7. The van der Waals surface area contributed by atoms with Gasteiger partial charge in [-0.25, -0.2) is 9.59 Å². The molecule has 0 bridgehead atoms. The Labute approximate surface area is 364 Å². The lowest BCUT2D eigenvalue weighted by Gasteiger charge is -2.20. The van der Waals surface area contributed by atoms with Crippen molar-refractivity contribution < 1.29 is 33.8 Å². The van der Waals surface area contributed by atoms with Gasteiger partial charge in [0.2, 0.25) is 5.91 Å². The summed E-state index contributed by atoms with van der Waals surface area (Å²) in [5, 5.41) is 20.3. The van der Waals surface area contributed by atoms with Gasteiger partial charge in [-0.15, -0.1) is 10.2 Å². The molecule has 15 heteroatoms. The van der Waals surface area contributed by atoms with Crippen molar-refractivity contribution in [1.82, 2.24) is 19.6 Å². The third-order valence-electron chi connectivity index (χ3n) is 9.17. The van der Waals surface area contributed by atoms with Gasteiger partial charge in [-0.3, -0.25) is 9.59 Å². The number of rotatable bonds is 9. The van der Waals surface area contributed by atoms with Crippen molar-refractivity contribution in [3.8, 4) is 0 Å². The lowest BCUT2D eigenvalue weighted by Crippen LogP contribution is -2.29. The number of nitrogens with two attached hydrogens (primary N) is 1. The highest BCUT2D eigenvalue weighted by atomic mass is 79.9. The van der Waals surface area contributed by atoms with E-state index < -0.39 is 35.3 Å². The van der Waals surface area contributed by atoms with Crippen molar-refractivity contribution in [3.05, 3.63) is 92.1 Å². The van der Waals surface area contributed by atoms with Gasteiger partial charge < -0.3 is 25.6 Å².